The SMILES string of the molecule is CC(c1cccc(S(N)(=O)=O)c1)N(C)C(=O)c1csc(-c2ccccc2)n1. The number of sulfonamides is 1. The summed E-state index contributed by atoms with van der Waals surface area (Å²) in [5.41, 5.74) is 1.99. The average molecular weight is 402 g/mol. The molecular weight excluding hydrogens is 382 g/mol. The summed E-state index contributed by atoms with van der Waals surface area (Å²) >= 11 is 1.41. The van der Waals surface area contributed by atoms with Gasteiger partial charge in [0.1, 0.15) is 10.7 Å². The first-order valence-electron chi connectivity index (χ1n) is 8.18. The van der Waals surface area contributed by atoms with Crippen molar-refractivity contribution in [3.8, 4) is 10.6 Å². The number of benzene rings is 2. The lowest BCUT2D eigenvalue weighted by Gasteiger charge is -2.25. The zero-order valence-corrected chi connectivity index (χ0v) is 16.5. The lowest BCUT2D eigenvalue weighted by Crippen LogP contribution is -2.30. The Bertz CT molecular complexity index is 1060. The molecule has 27 heavy (non-hydrogen) atoms. The summed E-state index contributed by atoms with van der Waals surface area (Å²) in [5.74, 6) is -0.234. The summed E-state index contributed by atoms with van der Waals surface area (Å²) in [6, 6.07) is 15.6. The summed E-state index contributed by atoms with van der Waals surface area (Å²) in [6.07, 6.45) is 0. The first kappa shape index (κ1) is 19.2. The highest BCUT2D eigenvalue weighted by molar-refractivity contribution is 7.89. The Balaban J connectivity index is 1.82. The Morgan fingerprint density at radius 1 is 1.15 bits per heavy atom. The van der Waals surface area contributed by atoms with Crippen LogP contribution in [0.5, 0.6) is 0 Å². The molecule has 8 heteroatoms. The van der Waals surface area contributed by atoms with Crippen LogP contribution >= 0.6 is 11.3 Å². The summed E-state index contributed by atoms with van der Waals surface area (Å²) < 4.78 is 23.1. The van der Waals surface area contributed by atoms with Gasteiger partial charge in [-0.2, -0.15) is 0 Å². The molecule has 0 bridgehead atoms. The van der Waals surface area contributed by atoms with Gasteiger partial charge in [-0.15, -0.1) is 11.3 Å². The minimum Gasteiger partial charge on any atom is -0.334 e. The van der Waals surface area contributed by atoms with Crippen molar-refractivity contribution in [2.24, 2.45) is 5.14 Å². The fourth-order valence-electron chi connectivity index (χ4n) is 2.62. The number of carbonyl (C=O) groups excluding carboxylic acids is 1. The van der Waals surface area contributed by atoms with Gasteiger partial charge < -0.3 is 4.90 Å². The number of hydrogen-bond donors (Lipinski definition) is 1. The highest BCUT2D eigenvalue weighted by Gasteiger charge is 2.22. The third kappa shape index (κ3) is 4.24. The van der Waals surface area contributed by atoms with Crippen LogP contribution in [-0.4, -0.2) is 31.3 Å². The normalized spacial score (nSPS) is 12.6. The maximum atomic E-state index is 12.8. The first-order valence-corrected chi connectivity index (χ1v) is 10.6. The van der Waals surface area contributed by atoms with E-state index in [2.05, 4.69) is 4.98 Å². The smallest absolute Gasteiger partial charge is 0.273 e. The number of rotatable bonds is 5. The van der Waals surface area contributed by atoms with Gasteiger partial charge in [-0.05, 0) is 24.6 Å². The fraction of sp³-hybridized carbons (Fsp3) is 0.158. The molecule has 0 aliphatic rings. The Morgan fingerprint density at radius 2 is 1.85 bits per heavy atom. The Morgan fingerprint density at radius 3 is 2.52 bits per heavy atom. The number of thiazole rings is 1. The van der Waals surface area contributed by atoms with Gasteiger partial charge in [0.25, 0.3) is 5.91 Å². The molecule has 1 heterocycles. The molecular formula is C19H19N3O3S2. The van der Waals surface area contributed by atoms with Crippen LogP contribution in [-0.2, 0) is 10.0 Å². The van der Waals surface area contributed by atoms with E-state index in [9.17, 15) is 13.2 Å². The fourth-order valence-corrected chi connectivity index (χ4v) is 3.99. The Kier molecular flexibility index (Phi) is 5.41. The molecule has 6 nitrogen and oxygen atoms in total. The molecule has 1 amide bonds. The zero-order chi connectivity index (χ0) is 19.6. The molecule has 0 spiro atoms. The van der Waals surface area contributed by atoms with E-state index >= 15 is 0 Å². The minimum atomic E-state index is -3.80. The quantitative estimate of drug-likeness (QED) is 0.710. The third-order valence-electron chi connectivity index (χ3n) is 4.31. The number of amides is 1. The van der Waals surface area contributed by atoms with Gasteiger partial charge in [-0.1, -0.05) is 42.5 Å². The van der Waals surface area contributed by atoms with Gasteiger partial charge >= 0.3 is 0 Å². The number of nitrogens with zero attached hydrogens (tertiary/aromatic N) is 2. The molecule has 1 atom stereocenters. The summed E-state index contributed by atoms with van der Waals surface area (Å²) in [4.78, 5) is 18.8. The Labute approximate surface area is 162 Å². The molecule has 1 aromatic heterocycles. The highest BCUT2D eigenvalue weighted by atomic mass is 32.2. The van der Waals surface area contributed by atoms with Crippen LogP contribution in [0, 0.1) is 0 Å². The van der Waals surface area contributed by atoms with Crippen LogP contribution in [0.3, 0.4) is 0 Å². The van der Waals surface area contributed by atoms with E-state index in [1.165, 1.54) is 28.4 Å². The van der Waals surface area contributed by atoms with Crippen LogP contribution in [0.25, 0.3) is 10.6 Å². The predicted octanol–water partition coefficient (Wildman–Crippen LogP) is 3.29. The van der Waals surface area contributed by atoms with Gasteiger partial charge in [0.2, 0.25) is 10.0 Å². The van der Waals surface area contributed by atoms with Crippen molar-refractivity contribution >= 4 is 27.3 Å². The van der Waals surface area contributed by atoms with E-state index in [0.717, 1.165) is 10.6 Å². The number of nitrogens with two attached hydrogens (primary N) is 1. The van der Waals surface area contributed by atoms with Crippen LogP contribution in [0.2, 0.25) is 0 Å². The van der Waals surface area contributed by atoms with E-state index in [4.69, 9.17) is 5.14 Å². The van der Waals surface area contributed by atoms with E-state index in [1.807, 2.05) is 37.3 Å². The molecule has 2 aromatic carbocycles. The topological polar surface area (TPSA) is 93.4 Å². The molecule has 3 aromatic rings. The number of primary sulfonamides is 1. The summed E-state index contributed by atoms with van der Waals surface area (Å²) in [7, 11) is -2.13. The molecule has 0 saturated carbocycles. The van der Waals surface area contributed by atoms with Gasteiger partial charge in [0, 0.05) is 18.0 Å². The second-order valence-corrected chi connectivity index (χ2v) is 8.53. The lowest BCUT2D eigenvalue weighted by atomic mass is 10.1. The van der Waals surface area contributed by atoms with Gasteiger partial charge in [0.05, 0.1) is 10.9 Å². The van der Waals surface area contributed by atoms with Crippen molar-refractivity contribution in [3.05, 3.63) is 71.2 Å². The van der Waals surface area contributed by atoms with Crippen molar-refractivity contribution in [2.75, 3.05) is 7.05 Å². The molecule has 0 radical (unpaired) electrons. The largest absolute Gasteiger partial charge is 0.334 e. The number of carbonyl (C=O) groups is 1. The van der Waals surface area contributed by atoms with Gasteiger partial charge in [-0.3, -0.25) is 4.79 Å². The molecule has 3 rings (SSSR count). The molecule has 0 aliphatic carbocycles. The van der Waals surface area contributed by atoms with Crippen LogP contribution < -0.4 is 5.14 Å². The van der Waals surface area contributed by atoms with Crippen molar-refractivity contribution < 1.29 is 13.2 Å². The monoisotopic (exact) mass is 401 g/mol. The van der Waals surface area contributed by atoms with Gasteiger partial charge in [-0.25, -0.2) is 18.5 Å². The minimum absolute atomic E-state index is 0.0210. The standard InChI is InChI=1S/C19H19N3O3S2/c1-13(15-9-6-10-16(11-15)27(20,24)25)22(2)19(23)17-12-26-18(21-17)14-7-4-3-5-8-14/h3-13H,1-2H3,(H2,20,24,25). The molecule has 140 valence electrons. The molecule has 0 saturated heterocycles. The lowest BCUT2D eigenvalue weighted by molar-refractivity contribution is 0.0737. The first-order chi connectivity index (χ1) is 12.8. The second kappa shape index (κ2) is 7.59. The van der Waals surface area contributed by atoms with Crippen LogP contribution in [0.15, 0.2) is 64.9 Å². The highest BCUT2D eigenvalue weighted by Crippen LogP contribution is 2.26. The average Bonchev–Trinajstić information content (AvgIpc) is 3.16. The number of hydrogen-bond acceptors (Lipinski definition) is 5. The van der Waals surface area contributed by atoms with Crippen LogP contribution in [0.1, 0.15) is 29.0 Å². The van der Waals surface area contributed by atoms with Crippen molar-refractivity contribution in [2.45, 2.75) is 17.9 Å². The predicted molar refractivity (Wildman–Crippen MR) is 106 cm³/mol. The van der Waals surface area contributed by atoms with Gasteiger partial charge in [0.15, 0.2) is 0 Å². The second-order valence-electron chi connectivity index (χ2n) is 6.11. The van der Waals surface area contributed by atoms with E-state index in [1.54, 1.807) is 24.6 Å². The molecule has 2 N–H and O–H groups in total. The molecule has 0 aliphatic heterocycles. The maximum absolute atomic E-state index is 12.8. The van der Waals surface area contributed by atoms with Crippen molar-refractivity contribution in [3.63, 3.8) is 0 Å². The zero-order valence-electron chi connectivity index (χ0n) is 14.9. The van der Waals surface area contributed by atoms with E-state index in [0.29, 0.717) is 11.3 Å². The summed E-state index contributed by atoms with van der Waals surface area (Å²) in [6.45, 7) is 1.82. The van der Waals surface area contributed by atoms with E-state index in [-0.39, 0.29) is 16.8 Å². The molecule has 0 fully saturated rings. The van der Waals surface area contributed by atoms with E-state index < -0.39 is 10.0 Å². The maximum Gasteiger partial charge on any atom is 0.273 e. The molecule has 1 unspecified atom stereocenters. The van der Waals surface area contributed by atoms with Crippen LogP contribution in [0.4, 0.5) is 0 Å². The summed E-state index contributed by atoms with van der Waals surface area (Å²) in [5, 5.41) is 7.70. The third-order valence-corrected chi connectivity index (χ3v) is 6.12. The number of aromatic nitrogens is 1. The Hall–Kier alpha value is -2.55. The van der Waals surface area contributed by atoms with Crippen molar-refractivity contribution in [1.29, 1.82) is 0 Å². The van der Waals surface area contributed by atoms with Crippen molar-refractivity contribution in [1.82, 2.24) is 9.88 Å².